The van der Waals surface area contributed by atoms with E-state index in [9.17, 15) is 24.0 Å². The second-order valence-corrected chi connectivity index (χ2v) is 9.61. The predicted molar refractivity (Wildman–Crippen MR) is 138 cm³/mol. The number of cyclic esters (lactones) is 1. The molecule has 1 aliphatic rings. The maximum atomic E-state index is 13.5. The monoisotopic (exact) mass is 531 g/mol. The number of aryl methyl sites for hydroxylation is 1. The average Bonchev–Trinajstić information content (AvgIpc) is 3.26. The van der Waals surface area contributed by atoms with E-state index in [1.807, 2.05) is 26.8 Å². The summed E-state index contributed by atoms with van der Waals surface area (Å²) < 4.78 is 15.5. The molecule has 0 radical (unpaired) electrons. The highest BCUT2D eigenvalue weighted by Crippen LogP contribution is 2.26. The first kappa shape index (κ1) is 30.9. The number of hydrogen-bond acceptors (Lipinski definition) is 9. The van der Waals surface area contributed by atoms with Crippen molar-refractivity contribution in [2.45, 2.75) is 59.6 Å². The van der Waals surface area contributed by atoms with E-state index in [1.54, 1.807) is 18.2 Å². The summed E-state index contributed by atoms with van der Waals surface area (Å²) in [4.78, 5) is 65.2. The SMILES string of the molecule is CC(=O)O[C@H](C(=O)C=C(C(=O)CCCOCCO)c1cccc(C)c1)[C@H](C)C(=O)N1C(=O)OC[C@@H]1C(C)C. The zero-order valence-corrected chi connectivity index (χ0v) is 22.6. The Bertz CT molecular complexity index is 1060. The average molecular weight is 532 g/mol. The van der Waals surface area contributed by atoms with Gasteiger partial charge in [-0.15, -0.1) is 0 Å². The van der Waals surface area contributed by atoms with Crippen molar-refractivity contribution in [3.05, 3.63) is 41.5 Å². The third kappa shape index (κ3) is 8.32. The molecule has 208 valence electrons. The minimum Gasteiger partial charge on any atom is -0.453 e. The van der Waals surface area contributed by atoms with Gasteiger partial charge in [-0.1, -0.05) is 43.7 Å². The van der Waals surface area contributed by atoms with Crippen LogP contribution in [0, 0.1) is 18.8 Å². The summed E-state index contributed by atoms with van der Waals surface area (Å²) >= 11 is 0. The van der Waals surface area contributed by atoms with Gasteiger partial charge < -0.3 is 19.3 Å². The Labute approximate surface area is 222 Å². The van der Waals surface area contributed by atoms with Gasteiger partial charge in [-0.05, 0) is 37.8 Å². The summed E-state index contributed by atoms with van der Waals surface area (Å²) in [5, 5.41) is 8.83. The fourth-order valence-electron chi connectivity index (χ4n) is 4.11. The highest BCUT2D eigenvalue weighted by Gasteiger charge is 2.44. The van der Waals surface area contributed by atoms with Crippen molar-refractivity contribution < 1.29 is 43.3 Å². The summed E-state index contributed by atoms with van der Waals surface area (Å²) in [6, 6.07) is 6.52. The van der Waals surface area contributed by atoms with Crippen LogP contribution in [0.4, 0.5) is 4.79 Å². The number of rotatable bonds is 14. The summed E-state index contributed by atoms with van der Waals surface area (Å²) in [5.74, 6) is -3.88. The molecule has 1 aliphatic heterocycles. The molecule has 0 saturated carbocycles. The fraction of sp³-hybridized carbons (Fsp3) is 0.536. The molecule has 3 atom stereocenters. The highest BCUT2D eigenvalue weighted by atomic mass is 16.6. The lowest BCUT2D eigenvalue weighted by molar-refractivity contribution is -0.158. The van der Waals surface area contributed by atoms with Crippen LogP contribution in [0.25, 0.3) is 5.57 Å². The van der Waals surface area contributed by atoms with Crippen molar-refractivity contribution in [3.8, 4) is 0 Å². The van der Waals surface area contributed by atoms with Crippen LogP contribution in [0.1, 0.15) is 51.7 Å². The maximum Gasteiger partial charge on any atom is 0.416 e. The molecule has 0 aliphatic carbocycles. The lowest BCUT2D eigenvalue weighted by atomic mass is 9.92. The van der Waals surface area contributed by atoms with Crippen LogP contribution in [0.15, 0.2) is 30.3 Å². The quantitative estimate of drug-likeness (QED) is 0.218. The number of hydrogen-bond donors (Lipinski definition) is 1. The largest absolute Gasteiger partial charge is 0.453 e. The number of aliphatic hydroxyl groups excluding tert-OH is 1. The van der Waals surface area contributed by atoms with Crippen LogP contribution >= 0.6 is 0 Å². The Balaban J connectivity index is 2.38. The number of ketones is 2. The molecule has 0 aromatic heterocycles. The van der Waals surface area contributed by atoms with Gasteiger partial charge in [-0.2, -0.15) is 0 Å². The van der Waals surface area contributed by atoms with Gasteiger partial charge in [0.2, 0.25) is 5.91 Å². The molecule has 1 fully saturated rings. The third-order valence-electron chi connectivity index (χ3n) is 6.17. The van der Waals surface area contributed by atoms with Gasteiger partial charge >= 0.3 is 12.1 Å². The van der Waals surface area contributed by atoms with Crippen LogP contribution in [0.5, 0.6) is 0 Å². The molecular weight excluding hydrogens is 494 g/mol. The Morgan fingerprint density at radius 1 is 1.18 bits per heavy atom. The van der Waals surface area contributed by atoms with Crippen LogP contribution < -0.4 is 0 Å². The molecule has 2 rings (SSSR count). The summed E-state index contributed by atoms with van der Waals surface area (Å²) in [5.41, 5.74) is 1.48. The van der Waals surface area contributed by atoms with E-state index in [-0.39, 0.29) is 50.1 Å². The van der Waals surface area contributed by atoms with Crippen LogP contribution in [0.3, 0.4) is 0 Å². The minimum absolute atomic E-state index is 0.0368. The number of allylic oxidation sites excluding steroid dienone is 1. The second kappa shape index (κ2) is 14.5. The predicted octanol–water partition coefficient (Wildman–Crippen LogP) is 2.88. The number of Topliss-reactive ketones (excluding diaryl/α,β-unsaturated/α-hetero) is 1. The van der Waals surface area contributed by atoms with Gasteiger partial charge in [-0.25, -0.2) is 9.69 Å². The zero-order valence-electron chi connectivity index (χ0n) is 22.6. The normalized spacial score (nSPS) is 17.2. The lowest BCUT2D eigenvalue weighted by Crippen LogP contribution is -2.48. The number of carbonyl (C=O) groups excluding carboxylic acids is 5. The van der Waals surface area contributed by atoms with E-state index < -0.39 is 41.8 Å². The summed E-state index contributed by atoms with van der Waals surface area (Å²) in [7, 11) is 0. The molecule has 1 N–H and O–H groups in total. The molecule has 1 aromatic rings. The van der Waals surface area contributed by atoms with Crippen molar-refractivity contribution in [2.24, 2.45) is 11.8 Å². The van der Waals surface area contributed by atoms with Gasteiger partial charge in [0.15, 0.2) is 17.7 Å². The van der Waals surface area contributed by atoms with Crippen molar-refractivity contribution in [1.29, 1.82) is 0 Å². The molecule has 38 heavy (non-hydrogen) atoms. The molecular formula is C28H37NO9. The number of nitrogens with zero attached hydrogens (tertiary/aromatic N) is 1. The minimum atomic E-state index is -1.55. The molecule has 0 spiro atoms. The Hall–Kier alpha value is -3.37. The molecule has 1 aromatic carbocycles. The highest BCUT2D eigenvalue weighted by molar-refractivity contribution is 6.25. The van der Waals surface area contributed by atoms with E-state index in [2.05, 4.69) is 0 Å². The van der Waals surface area contributed by atoms with Crippen LogP contribution in [0.2, 0.25) is 0 Å². The van der Waals surface area contributed by atoms with Gasteiger partial charge in [0.05, 0.1) is 25.2 Å². The smallest absolute Gasteiger partial charge is 0.416 e. The van der Waals surface area contributed by atoms with Gasteiger partial charge in [0.25, 0.3) is 0 Å². The van der Waals surface area contributed by atoms with Crippen LogP contribution in [-0.2, 0) is 33.4 Å². The van der Waals surface area contributed by atoms with E-state index in [1.165, 1.54) is 6.92 Å². The van der Waals surface area contributed by atoms with E-state index in [0.717, 1.165) is 23.5 Å². The molecule has 2 amide bonds. The molecule has 1 saturated heterocycles. The van der Waals surface area contributed by atoms with E-state index in [4.69, 9.17) is 19.3 Å². The molecule has 0 bridgehead atoms. The number of amides is 2. The standard InChI is InChI=1S/C28H37NO9/c1-17(2)23-16-37-28(35)29(23)27(34)19(4)26(38-20(5)31)25(33)15-22(21-9-6-8-18(3)14-21)24(32)10-7-12-36-13-11-30/h6,8-9,14-15,17,19,23,26,30H,7,10-13,16H2,1-5H3/t19-,23+,26-/m0/s1. The zero-order chi connectivity index (χ0) is 28.4. The van der Waals surface area contributed by atoms with Crippen molar-refractivity contribution in [2.75, 3.05) is 26.4 Å². The molecule has 10 heteroatoms. The first-order valence-corrected chi connectivity index (χ1v) is 12.7. The molecule has 10 nitrogen and oxygen atoms in total. The molecule has 1 heterocycles. The lowest BCUT2D eigenvalue weighted by Gasteiger charge is -2.28. The summed E-state index contributed by atoms with van der Waals surface area (Å²) in [6.45, 7) is 8.36. The number of ether oxygens (including phenoxy) is 3. The summed E-state index contributed by atoms with van der Waals surface area (Å²) in [6.07, 6.45) is -0.830. The number of carbonyl (C=O) groups is 5. The van der Waals surface area contributed by atoms with Gasteiger partial charge in [0.1, 0.15) is 6.61 Å². The van der Waals surface area contributed by atoms with Gasteiger partial charge in [-0.3, -0.25) is 19.2 Å². The topological polar surface area (TPSA) is 137 Å². The van der Waals surface area contributed by atoms with Crippen molar-refractivity contribution in [1.82, 2.24) is 4.90 Å². The number of benzene rings is 1. The number of aliphatic hydroxyl groups is 1. The first-order valence-electron chi connectivity index (χ1n) is 12.7. The second-order valence-electron chi connectivity index (χ2n) is 9.61. The number of esters is 1. The Morgan fingerprint density at radius 3 is 2.50 bits per heavy atom. The number of imide groups is 1. The first-order chi connectivity index (χ1) is 18.0. The Kier molecular flexibility index (Phi) is 11.8. The van der Waals surface area contributed by atoms with E-state index in [0.29, 0.717) is 12.0 Å². The molecule has 0 unspecified atom stereocenters. The fourth-order valence-corrected chi connectivity index (χ4v) is 4.11. The third-order valence-corrected chi connectivity index (χ3v) is 6.17. The maximum absolute atomic E-state index is 13.5. The van der Waals surface area contributed by atoms with Crippen molar-refractivity contribution >= 4 is 35.1 Å². The Morgan fingerprint density at radius 2 is 1.89 bits per heavy atom. The van der Waals surface area contributed by atoms with Crippen molar-refractivity contribution in [3.63, 3.8) is 0 Å². The van der Waals surface area contributed by atoms with Crippen LogP contribution in [-0.4, -0.2) is 78.1 Å². The van der Waals surface area contributed by atoms with Gasteiger partial charge in [0, 0.05) is 25.5 Å². The van der Waals surface area contributed by atoms with E-state index >= 15 is 0 Å².